The van der Waals surface area contributed by atoms with E-state index in [2.05, 4.69) is 21.1 Å². The predicted molar refractivity (Wildman–Crippen MR) is 77.8 cm³/mol. The molecule has 0 aliphatic carbocycles. The monoisotopic (exact) mass is 284 g/mol. The number of hydrogen-bond acceptors (Lipinski definition) is 4. The van der Waals surface area contributed by atoms with E-state index in [-0.39, 0.29) is 5.91 Å². The maximum Gasteiger partial charge on any atom is 0.273 e. The Morgan fingerprint density at radius 3 is 2.74 bits per heavy atom. The zero-order valence-corrected chi connectivity index (χ0v) is 12.3. The van der Waals surface area contributed by atoms with Gasteiger partial charge in [0.15, 0.2) is 5.11 Å². The van der Waals surface area contributed by atoms with Gasteiger partial charge in [0.2, 0.25) is 0 Å². The fraction of sp³-hybridized carbons (Fsp3) is 0.500. The van der Waals surface area contributed by atoms with Crippen LogP contribution in [0.4, 0.5) is 0 Å². The van der Waals surface area contributed by atoms with Crippen molar-refractivity contribution in [2.24, 2.45) is 0 Å². The van der Waals surface area contributed by atoms with E-state index in [9.17, 15) is 4.79 Å². The number of furan rings is 1. The summed E-state index contributed by atoms with van der Waals surface area (Å²) in [7, 11) is 4.04. The fourth-order valence-electron chi connectivity index (χ4n) is 1.44. The Morgan fingerprint density at radius 1 is 1.42 bits per heavy atom. The van der Waals surface area contributed by atoms with Gasteiger partial charge in [0.1, 0.15) is 5.76 Å². The van der Waals surface area contributed by atoms with Crippen LogP contribution in [0.5, 0.6) is 0 Å². The number of rotatable bonds is 5. The Hall–Kier alpha value is -1.60. The van der Waals surface area contributed by atoms with Crippen molar-refractivity contribution < 1.29 is 9.21 Å². The third kappa shape index (κ3) is 5.71. The highest BCUT2D eigenvalue weighted by Gasteiger charge is 2.10. The molecule has 0 aromatic carbocycles. The molecule has 0 aliphatic rings. The zero-order valence-electron chi connectivity index (χ0n) is 11.4. The summed E-state index contributed by atoms with van der Waals surface area (Å²) in [5.41, 5.74) is 5.65. The molecule has 0 atom stereocenters. The molecule has 3 N–H and O–H groups in total. The quantitative estimate of drug-likeness (QED) is 0.419. The zero-order chi connectivity index (χ0) is 14.3. The van der Waals surface area contributed by atoms with Gasteiger partial charge in [0, 0.05) is 6.54 Å². The summed E-state index contributed by atoms with van der Waals surface area (Å²) in [6.45, 7) is 3.47. The summed E-state index contributed by atoms with van der Waals surface area (Å²) < 4.78 is 5.05. The number of hydrogen-bond donors (Lipinski definition) is 3. The second-order valence-corrected chi connectivity index (χ2v) is 4.79. The van der Waals surface area contributed by atoms with Crippen LogP contribution in [0.2, 0.25) is 0 Å². The Kier molecular flexibility index (Phi) is 6.31. The number of hydrazine groups is 1. The van der Waals surface area contributed by atoms with Gasteiger partial charge in [-0.25, -0.2) is 0 Å². The first-order chi connectivity index (χ1) is 9.00. The molecule has 0 spiro atoms. The van der Waals surface area contributed by atoms with Crippen molar-refractivity contribution in [2.75, 3.05) is 27.2 Å². The Morgan fingerprint density at radius 2 is 2.16 bits per heavy atom. The van der Waals surface area contributed by atoms with Crippen molar-refractivity contribution in [3.05, 3.63) is 23.7 Å². The Balaban J connectivity index is 2.20. The Labute approximate surface area is 118 Å². The second-order valence-electron chi connectivity index (χ2n) is 4.38. The van der Waals surface area contributed by atoms with E-state index in [1.54, 1.807) is 13.0 Å². The van der Waals surface area contributed by atoms with Crippen LogP contribution < -0.4 is 16.2 Å². The molecule has 7 heteroatoms. The van der Waals surface area contributed by atoms with E-state index in [1.807, 2.05) is 14.1 Å². The molecule has 106 valence electrons. The van der Waals surface area contributed by atoms with E-state index in [0.717, 1.165) is 19.5 Å². The lowest BCUT2D eigenvalue weighted by Gasteiger charge is -2.13. The molecule has 0 radical (unpaired) electrons. The van der Waals surface area contributed by atoms with Gasteiger partial charge in [-0.05, 0) is 52.3 Å². The molecule has 1 aromatic rings. The van der Waals surface area contributed by atoms with Crippen LogP contribution in [-0.4, -0.2) is 43.1 Å². The third-order valence-electron chi connectivity index (χ3n) is 2.46. The van der Waals surface area contributed by atoms with Gasteiger partial charge in [-0.1, -0.05) is 0 Å². The average Bonchev–Trinajstić information content (AvgIpc) is 2.78. The lowest BCUT2D eigenvalue weighted by Crippen LogP contribution is -2.47. The van der Waals surface area contributed by atoms with E-state index in [1.165, 1.54) is 6.26 Å². The number of carbonyl (C=O) groups excluding carboxylic acids is 1. The van der Waals surface area contributed by atoms with Crippen LogP contribution in [-0.2, 0) is 0 Å². The SMILES string of the molecule is Cc1occc1C(=O)NNC(=S)NCCCN(C)C. The normalized spacial score (nSPS) is 10.3. The van der Waals surface area contributed by atoms with Gasteiger partial charge in [0.25, 0.3) is 5.91 Å². The van der Waals surface area contributed by atoms with Crippen molar-refractivity contribution in [1.82, 2.24) is 21.1 Å². The minimum absolute atomic E-state index is 0.274. The van der Waals surface area contributed by atoms with Gasteiger partial charge in [0.05, 0.1) is 11.8 Å². The molecule has 19 heavy (non-hydrogen) atoms. The molecule has 1 amide bonds. The van der Waals surface area contributed by atoms with Crippen molar-refractivity contribution >= 4 is 23.2 Å². The third-order valence-corrected chi connectivity index (χ3v) is 2.71. The van der Waals surface area contributed by atoms with Crippen molar-refractivity contribution in [3.63, 3.8) is 0 Å². The molecule has 1 aromatic heterocycles. The first-order valence-electron chi connectivity index (χ1n) is 6.03. The fourth-order valence-corrected chi connectivity index (χ4v) is 1.60. The summed E-state index contributed by atoms with van der Waals surface area (Å²) in [6, 6.07) is 1.61. The molecule has 6 nitrogen and oxygen atoms in total. The van der Waals surface area contributed by atoms with Gasteiger partial charge in [-0.15, -0.1) is 0 Å². The van der Waals surface area contributed by atoms with Crippen molar-refractivity contribution in [1.29, 1.82) is 0 Å². The molecule has 0 fully saturated rings. The number of aryl methyl sites for hydroxylation is 1. The molecule has 1 heterocycles. The second kappa shape index (κ2) is 7.75. The molecular formula is C12H20N4O2S. The van der Waals surface area contributed by atoms with Crippen LogP contribution in [0.15, 0.2) is 16.7 Å². The first kappa shape index (κ1) is 15.5. The van der Waals surface area contributed by atoms with Crippen LogP contribution >= 0.6 is 12.2 Å². The van der Waals surface area contributed by atoms with E-state index >= 15 is 0 Å². The topological polar surface area (TPSA) is 69.5 Å². The maximum atomic E-state index is 11.7. The summed E-state index contributed by atoms with van der Waals surface area (Å²) in [5, 5.41) is 3.41. The molecule has 0 bridgehead atoms. The standard InChI is InChI=1S/C12H20N4O2S/c1-9-10(5-8-18-9)11(17)14-15-12(19)13-6-4-7-16(2)3/h5,8H,4,6-7H2,1-3H3,(H,14,17)(H2,13,15,19). The first-order valence-corrected chi connectivity index (χ1v) is 6.44. The smallest absolute Gasteiger partial charge is 0.273 e. The predicted octanol–water partition coefficient (Wildman–Crippen LogP) is 0.649. The Bertz CT molecular complexity index is 431. The number of amides is 1. The average molecular weight is 284 g/mol. The molecular weight excluding hydrogens is 264 g/mol. The van der Waals surface area contributed by atoms with Gasteiger partial charge >= 0.3 is 0 Å². The van der Waals surface area contributed by atoms with E-state index in [0.29, 0.717) is 16.4 Å². The minimum atomic E-state index is -0.274. The van der Waals surface area contributed by atoms with Gasteiger partial charge in [-0.3, -0.25) is 15.6 Å². The highest BCUT2D eigenvalue weighted by Crippen LogP contribution is 2.07. The van der Waals surface area contributed by atoms with Crippen LogP contribution in [0.25, 0.3) is 0 Å². The van der Waals surface area contributed by atoms with E-state index in [4.69, 9.17) is 16.6 Å². The number of thiocarbonyl (C=S) groups is 1. The van der Waals surface area contributed by atoms with Gasteiger partial charge < -0.3 is 14.6 Å². The maximum absolute atomic E-state index is 11.7. The van der Waals surface area contributed by atoms with Crippen LogP contribution in [0.1, 0.15) is 22.5 Å². The molecule has 0 saturated heterocycles. The molecule has 0 unspecified atom stereocenters. The largest absolute Gasteiger partial charge is 0.469 e. The molecule has 0 saturated carbocycles. The summed E-state index contributed by atoms with van der Waals surface area (Å²) >= 11 is 5.04. The molecule has 0 aliphatic heterocycles. The highest BCUT2D eigenvalue weighted by atomic mass is 32.1. The van der Waals surface area contributed by atoms with Crippen LogP contribution in [0.3, 0.4) is 0 Å². The van der Waals surface area contributed by atoms with Gasteiger partial charge in [-0.2, -0.15) is 0 Å². The van der Waals surface area contributed by atoms with E-state index < -0.39 is 0 Å². The minimum Gasteiger partial charge on any atom is -0.469 e. The van der Waals surface area contributed by atoms with Crippen molar-refractivity contribution in [3.8, 4) is 0 Å². The lowest BCUT2D eigenvalue weighted by molar-refractivity contribution is 0.0942. The number of carbonyl (C=O) groups is 1. The van der Waals surface area contributed by atoms with Crippen LogP contribution in [0, 0.1) is 6.92 Å². The summed E-state index contributed by atoms with van der Waals surface area (Å²) in [6.07, 6.45) is 2.45. The highest BCUT2D eigenvalue weighted by molar-refractivity contribution is 7.80. The number of nitrogens with zero attached hydrogens (tertiary/aromatic N) is 1. The molecule has 1 rings (SSSR count). The summed E-state index contributed by atoms with van der Waals surface area (Å²) in [4.78, 5) is 13.8. The van der Waals surface area contributed by atoms with Crippen molar-refractivity contribution in [2.45, 2.75) is 13.3 Å². The lowest BCUT2D eigenvalue weighted by atomic mass is 10.2. The summed E-state index contributed by atoms with van der Waals surface area (Å²) in [5.74, 6) is 0.299. The number of nitrogens with one attached hydrogen (secondary N) is 3.